The van der Waals surface area contributed by atoms with Gasteiger partial charge in [0.2, 0.25) is 0 Å². The van der Waals surface area contributed by atoms with Gasteiger partial charge in [-0.2, -0.15) is 0 Å². The van der Waals surface area contributed by atoms with E-state index in [1.165, 1.54) is 0 Å². The predicted octanol–water partition coefficient (Wildman–Crippen LogP) is 5.45. The maximum Gasteiger partial charge on any atom is 0.524 e. The van der Waals surface area contributed by atoms with E-state index in [0.717, 1.165) is 33.8 Å². The molecule has 3 nitrogen and oxygen atoms in total. The highest BCUT2D eigenvalue weighted by Gasteiger charge is 2.54. The number of allylic oxidation sites excluding steroid dienone is 1. The second kappa shape index (κ2) is 5.45. The number of aromatic amines is 1. The van der Waals surface area contributed by atoms with Gasteiger partial charge in [0.15, 0.2) is 0 Å². The van der Waals surface area contributed by atoms with Gasteiger partial charge in [-0.15, -0.1) is 0 Å². The lowest BCUT2D eigenvalue weighted by molar-refractivity contribution is 0.00578. The Labute approximate surface area is 156 Å². The number of fused-ring (bicyclic) bond motifs is 1. The quantitative estimate of drug-likeness (QED) is 0.689. The minimum Gasteiger partial charge on any atom is -0.398 e. The third-order valence-corrected chi connectivity index (χ3v) is 6.53. The lowest BCUT2D eigenvalue weighted by Gasteiger charge is -2.32. The summed E-state index contributed by atoms with van der Waals surface area (Å²) in [5.41, 5.74) is 0.488. The SMILES string of the molecule is CC1(C)OB(C(F)=CC2(c3c[nH]c4cccc(Br)c34)CC2)OC1(C)C. The summed E-state index contributed by atoms with van der Waals surface area (Å²) in [6, 6.07) is 6.05. The highest BCUT2D eigenvalue weighted by atomic mass is 79.9. The molecule has 1 aromatic heterocycles. The maximum absolute atomic E-state index is 15.0. The van der Waals surface area contributed by atoms with Crippen LogP contribution in [0.4, 0.5) is 4.39 Å². The average Bonchev–Trinajstić information content (AvgIpc) is 3.07. The number of rotatable bonds is 3. The number of halogens is 2. The summed E-state index contributed by atoms with van der Waals surface area (Å²) in [5.74, 6) is 0. The molecule has 1 N–H and O–H groups in total. The molecule has 25 heavy (non-hydrogen) atoms. The van der Waals surface area contributed by atoms with Crippen molar-refractivity contribution in [3.8, 4) is 0 Å². The van der Waals surface area contributed by atoms with Crippen molar-refractivity contribution in [3.05, 3.63) is 46.2 Å². The highest BCUT2D eigenvalue weighted by Crippen LogP contribution is 2.53. The molecule has 1 saturated carbocycles. The molecule has 0 amide bonds. The van der Waals surface area contributed by atoms with E-state index < -0.39 is 18.3 Å². The van der Waals surface area contributed by atoms with Crippen molar-refractivity contribution < 1.29 is 13.7 Å². The van der Waals surface area contributed by atoms with E-state index in [-0.39, 0.29) is 11.1 Å². The van der Waals surface area contributed by atoms with Crippen molar-refractivity contribution in [2.45, 2.75) is 57.2 Å². The summed E-state index contributed by atoms with van der Waals surface area (Å²) in [6.07, 6.45) is 5.55. The van der Waals surface area contributed by atoms with Gasteiger partial charge in [0.1, 0.15) is 5.73 Å². The second-order valence-electron chi connectivity index (χ2n) is 8.14. The minimum atomic E-state index is -0.934. The van der Waals surface area contributed by atoms with Gasteiger partial charge in [-0.3, -0.25) is 0 Å². The van der Waals surface area contributed by atoms with Gasteiger partial charge < -0.3 is 14.3 Å². The molecule has 0 spiro atoms. The molecule has 0 bridgehead atoms. The van der Waals surface area contributed by atoms with E-state index in [1.54, 1.807) is 6.08 Å². The van der Waals surface area contributed by atoms with Gasteiger partial charge in [0.25, 0.3) is 0 Å². The van der Waals surface area contributed by atoms with Crippen LogP contribution in [0.1, 0.15) is 46.1 Å². The van der Waals surface area contributed by atoms with Gasteiger partial charge in [0, 0.05) is 27.0 Å². The van der Waals surface area contributed by atoms with E-state index in [4.69, 9.17) is 9.31 Å². The Morgan fingerprint density at radius 1 is 1.20 bits per heavy atom. The van der Waals surface area contributed by atoms with Crippen LogP contribution in [-0.2, 0) is 14.7 Å². The smallest absolute Gasteiger partial charge is 0.398 e. The summed E-state index contributed by atoms with van der Waals surface area (Å²) in [5, 5.41) is 1.12. The molecule has 2 fully saturated rings. The van der Waals surface area contributed by atoms with Crippen LogP contribution < -0.4 is 0 Å². The van der Waals surface area contributed by atoms with E-state index in [2.05, 4.69) is 20.9 Å². The number of nitrogens with one attached hydrogen (secondary N) is 1. The van der Waals surface area contributed by atoms with Crippen molar-refractivity contribution >= 4 is 34.0 Å². The van der Waals surface area contributed by atoms with Gasteiger partial charge >= 0.3 is 7.12 Å². The van der Waals surface area contributed by atoms with Crippen molar-refractivity contribution in [1.29, 1.82) is 0 Å². The van der Waals surface area contributed by atoms with Crippen molar-refractivity contribution in [2.75, 3.05) is 0 Å². The van der Waals surface area contributed by atoms with Gasteiger partial charge in [-0.25, -0.2) is 4.39 Å². The lowest BCUT2D eigenvalue weighted by Crippen LogP contribution is -2.41. The average molecular weight is 406 g/mol. The Hall–Kier alpha value is -1.11. The highest BCUT2D eigenvalue weighted by molar-refractivity contribution is 9.10. The third-order valence-electron chi connectivity index (χ3n) is 5.87. The first-order chi connectivity index (χ1) is 11.7. The van der Waals surface area contributed by atoms with Crippen LogP contribution in [0.2, 0.25) is 0 Å². The van der Waals surface area contributed by atoms with Crippen molar-refractivity contribution in [3.63, 3.8) is 0 Å². The van der Waals surface area contributed by atoms with Crippen LogP contribution in [-0.4, -0.2) is 23.3 Å². The van der Waals surface area contributed by atoms with Crippen LogP contribution in [0.15, 0.2) is 40.7 Å². The summed E-state index contributed by atoms with van der Waals surface area (Å²) < 4.78 is 27.7. The fourth-order valence-corrected chi connectivity index (χ4v) is 4.03. The normalized spacial score (nSPS) is 24.1. The first kappa shape index (κ1) is 17.3. The molecule has 2 heterocycles. The molecule has 132 valence electrons. The first-order valence-electron chi connectivity index (χ1n) is 8.65. The van der Waals surface area contributed by atoms with Crippen molar-refractivity contribution in [1.82, 2.24) is 4.98 Å². The zero-order chi connectivity index (χ0) is 18.0. The molecule has 1 saturated heterocycles. The third kappa shape index (κ3) is 2.70. The second-order valence-corrected chi connectivity index (χ2v) is 8.99. The molecule has 0 radical (unpaired) electrons. The zero-order valence-corrected chi connectivity index (χ0v) is 16.5. The van der Waals surface area contributed by atoms with E-state index in [1.807, 2.05) is 52.1 Å². The van der Waals surface area contributed by atoms with Crippen LogP contribution in [0.5, 0.6) is 0 Å². The van der Waals surface area contributed by atoms with Gasteiger partial charge in [-0.1, -0.05) is 22.0 Å². The summed E-state index contributed by atoms with van der Waals surface area (Å²) in [6.45, 7) is 7.74. The molecular weight excluding hydrogens is 384 g/mol. The Morgan fingerprint density at radius 2 is 1.84 bits per heavy atom. The van der Waals surface area contributed by atoms with Crippen LogP contribution in [0.25, 0.3) is 10.9 Å². The summed E-state index contributed by atoms with van der Waals surface area (Å²) in [7, 11) is -0.934. The number of hydrogen-bond donors (Lipinski definition) is 1. The number of H-pyrrole nitrogens is 1. The van der Waals surface area contributed by atoms with E-state index in [0.29, 0.717) is 0 Å². The molecule has 1 aliphatic heterocycles. The van der Waals surface area contributed by atoms with Crippen molar-refractivity contribution in [2.24, 2.45) is 0 Å². The number of hydrogen-bond acceptors (Lipinski definition) is 2. The molecule has 1 aliphatic carbocycles. The summed E-state index contributed by atoms with van der Waals surface area (Å²) in [4.78, 5) is 3.30. The summed E-state index contributed by atoms with van der Waals surface area (Å²) >= 11 is 3.63. The van der Waals surface area contributed by atoms with Crippen LogP contribution >= 0.6 is 15.9 Å². The molecule has 4 rings (SSSR count). The molecule has 6 heteroatoms. The van der Waals surface area contributed by atoms with Gasteiger partial charge in [-0.05, 0) is 64.3 Å². The van der Waals surface area contributed by atoms with Gasteiger partial charge in [0.05, 0.1) is 11.2 Å². The molecule has 2 aliphatic rings. The molecule has 1 aromatic carbocycles. The van der Waals surface area contributed by atoms with E-state index in [9.17, 15) is 0 Å². The maximum atomic E-state index is 15.0. The Bertz CT molecular complexity index is 853. The number of benzene rings is 1. The largest absolute Gasteiger partial charge is 0.524 e. The fourth-order valence-electron chi connectivity index (χ4n) is 3.45. The predicted molar refractivity (Wildman–Crippen MR) is 102 cm³/mol. The Balaban J connectivity index is 1.69. The minimum absolute atomic E-state index is 0.282. The number of aromatic nitrogens is 1. The Morgan fingerprint density at radius 3 is 2.44 bits per heavy atom. The first-order valence-corrected chi connectivity index (χ1v) is 9.45. The van der Waals surface area contributed by atoms with Crippen LogP contribution in [0, 0.1) is 0 Å². The molecule has 2 aromatic rings. The standard InChI is InChI=1S/C19H22BBrFNO2/c1-17(2)18(3,4)25-20(24-17)15(22)10-19(8-9-19)12-11-23-14-7-5-6-13(21)16(12)14/h5-7,10-11,23H,8-9H2,1-4H3. The van der Waals surface area contributed by atoms with Crippen LogP contribution in [0.3, 0.4) is 0 Å². The zero-order valence-electron chi connectivity index (χ0n) is 15.0. The Kier molecular flexibility index (Phi) is 3.77. The lowest BCUT2D eigenvalue weighted by atomic mass is 9.83. The topological polar surface area (TPSA) is 34.2 Å². The fraction of sp³-hybridized carbons (Fsp3) is 0.474. The molecular formula is C19H22BBrFNO2. The van der Waals surface area contributed by atoms with E-state index >= 15 is 4.39 Å². The molecule has 0 atom stereocenters. The molecule has 0 unspecified atom stereocenters. The monoisotopic (exact) mass is 405 g/mol.